The van der Waals surface area contributed by atoms with Crippen LogP contribution in [0.2, 0.25) is 0 Å². The molecule has 17 heavy (non-hydrogen) atoms. The number of nitrogens with two attached hydrogens (primary N) is 1. The van der Waals surface area contributed by atoms with Gasteiger partial charge >= 0.3 is 0 Å². The normalized spacial score (nSPS) is 19.4. The van der Waals surface area contributed by atoms with Crippen LogP contribution in [0.5, 0.6) is 0 Å². The van der Waals surface area contributed by atoms with E-state index in [2.05, 4.69) is 17.1 Å². The number of nitrogen functional groups attached to an aromatic ring is 1. The number of hydrogen-bond donors (Lipinski definition) is 2. The van der Waals surface area contributed by atoms with E-state index in [4.69, 9.17) is 5.73 Å². The van der Waals surface area contributed by atoms with E-state index in [9.17, 15) is 4.79 Å². The zero-order valence-electron chi connectivity index (χ0n) is 10.4. The minimum Gasteiger partial charge on any atom is -0.397 e. The average molecular weight is 233 g/mol. The molecule has 1 fully saturated rings. The van der Waals surface area contributed by atoms with Gasteiger partial charge in [-0.3, -0.25) is 4.79 Å². The highest BCUT2D eigenvalue weighted by molar-refractivity contribution is 5.96. The molecule has 1 heterocycles. The Bertz CT molecular complexity index is 431. The Balaban J connectivity index is 2.23. The van der Waals surface area contributed by atoms with Crippen molar-refractivity contribution in [2.24, 2.45) is 5.92 Å². The van der Waals surface area contributed by atoms with Crippen molar-refractivity contribution in [1.82, 2.24) is 5.32 Å². The average Bonchev–Trinajstić information content (AvgIpc) is 2.74. The lowest BCUT2D eigenvalue weighted by Crippen LogP contribution is -2.22. The molecule has 1 aliphatic rings. The Morgan fingerprint density at radius 3 is 2.82 bits per heavy atom. The maximum Gasteiger partial charge on any atom is 0.251 e. The summed E-state index contributed by atoms with van der Waals surface area (Å²) in [5.74, 6) is 0.617. The number of nitrogens with one attached hydrogen (secondary N) is 1. The highest BCUT2D eigenvalue weighted by Crippen LogP contribution is 2.29. The molecule has 3 N–H and O–H groups in total. The van der Waals surface area contributed by atoms with Crippen LogP contribution in [0.25, 0.3) is 0 Å². The second-order valence-corrected chi connectivity index (χ2v) is 4.69. The minimum atomic E-state index is -0.0990. The van der Waals surface area contributed by atoms with E-state index in [0.29, 0.717) is 17.2 Å². The first-order chi connectivity index (χ1) is 8.11. The molecule has 1 atom stereocenters. The van der Waals surface area contributed by atoms with Gasteiger partial charge < -0.3 is 16.0 Å². The fraction of sp³-hybridized carbons (Fsp3) is 0.462. The Labute approximate surface area is 102 Å². The van der Waals surface area contributed by atoms with Crippen molar-refractivity contribution in [1.29, 1.82) is 0 Å². The first kappa shape index (κ1) is 11.8. The Morgan fingerprint density at radius 1 is 1.53 bits per heavy atom. The first-order valence-corrected chi connectivity index (χ1v) is 5.98. The van der Waals surface area contributed by atoms with Crippen molar-refractivity contribution in [3.63, 3.8) is 0 Å². The molecule has 1 saturated heterocycles. The van der Waals surface area contributed by atoms with Gasteiger partial charge in [0.25, 0.3) is 5.91 Å². The zero-order chi connectivity index (χ0) is 12.4. The Hall–Kier alpha value is -1.71. The maximum absolute atomic E-state index is 11.5. The molecular weight excluding hydrogens is 214 g/mol. The van der Waals surface area contributed by atoms with Gasteiger partial charge in [-0.2, -0.15) is 0 Å². The molecule has 1 aromatic carbocycles. The SMILES string of the molecule is CNC(=O)c1ccc(N2CCC(C)C2)c(N)c1. The predicted octanol–water partition coefficient (Wildman–Crippen LogP) is 1.47. The quantitative estimate of drug-likeness (QED) is 0.761. The highest BCUT2D eigenvalue weighted by Gasteiger charge is 2.20. The van der Waals surface area contributed by atoms with Crippen LogP contribution in [-0.4, -0.2) is 26.0 Å². The molecule has 92 valence electrons. The highest BCUT2D eigenvalue weighted by atomic mass is 16.1. The zero-order valence-corrected chi connectivity index (χ0v) is 10.4. The van der Waals surface area contributed by atoms with Gasteiger partial charge in [0.1, 0.15) is 0 Å². The number of carbonyl (C=O) groups excluding carboxylic acids is 1. The van der Waals surface area contributed by atoms with E-state index in [1.807, 2.05) is 12.1 Å². The number of hydrogen-bond acceptors (Lipinski definition) is 3. The molecular formula is C13H19N3O. The minimum absolute atomic E-state index is 0.0990. The van der Waals surface area contributed by atoms with E-state index in [-0.39, 0.29) is 5.91 Å². The van der Waals surface area contributed by atoms with Crippen LogP contribution in [0.4, 0.5) is 11.4 Å². The van der Waals surface area contributed by atoms with Crippen molar-refractivity contribution >= 4 is 17.3 Å². The van der Waals surface area contributed by atoms with Crippen LogP contribution in [0, 0.1) is 5.92 Å². The largest absolute Gasteiger partial charge is 0.397 e. The Morgan fingerprint density at radius 2 is 2.29 bits per heavy atom. The molecule has 4 heteroatoms. The molecule has 0 saturated carbocycles. The summed E-state index contributed by atoms with van der Waals surface area (Å²) in [4.78, 5) is 13.8. The van der Waals surface area contributed by atoms with Gasteiger partial charge in [-0.1, -0.05) is 6.92 Å². The van der Waals surface area contributed by atoms with Gasteiger partial charge in [-0.25, -0.2) is 0 Å². The molecule has 0 aromatic heterocycles. The summed E-state index contributed by atoms with van der Waals surface area (Å²) in [6.45, 7) is 4.34. The number of nitrogens with zero attached hydrogens (tertiary/aromatic N) is 1. The lowest BCUT2D eigenvalue weighted by molar-refractivity contribution is 0.0963. The standard InChI is InChI=1S/C13H19N3O/c1-9-5-6-16(8-9)12-4-3-10(7-11(12)14)13(17)15-2/h3-4,7,9H,5-6,8,14H2,1-2H3,(H,15,17). The van der Waals surface area contributed by atoms with Crippen molar-refractivity contribution in [3.05, 3.63) is 23.8 Å². The molecule has 0 aliphatic carbocycles. The van der Waals surface area contributed by atoms with Crippen LogP contribution in [-0.2, 0) is 0 Å². The summed E-state index contributed by atoms with van der Waals surface area (Å²) < 4.78 is 0. The van der Waals surface area contributed by atoms with Crippen LogP contribution >= 0.6 is 0 Å². The number of carbonyl (C=O) groups is 1. The number of anilines is 2. The number of benzene rings is 1. The number of rotatable bonds is 2. The maximum atomic E-state index is 11.5. The van der Waals surface area contributed by atoms with Crippen molar-refractivity contribution in [2.75, 3.05) is 30.8 Å². The van der Waals surface area contributed by atoms with E-state index < -0.39 is 0 Å². The monoisotopic (exact) mass is 233 g/mol. The topological polar surface area (TPSA) is 58.4 Å². The fourth-order valence-corrected chi connectivity index (χ4v) is 2.28. The van der Waals surface area contributed by atoms with Gasteiger partial charge in [0.05, 0.1) is 11.4 Å². The van der Waals surface area contributed by atoms with Gasteiger partial charge in [-0.15, -0.1) is 0 Å². The van der Waals surface area contributed by atoms with Crippen LogP contribution < -0.4 is 16.0 Å². The second-order valence-electron chi connectivity index (χ2n) is 4.69. The van der Waals surface area contributed by atoms with E-state index in [1.165, 1.54) is 6.42 Å². The second kappa shape index (κ2) is 4.65. The van der Waals surface area contributed by atoms with Crippen molar-refractivity contribution in [3.8, 4) is 0 Å². The molecule has 1 unspecified atom stereocenters. The summed E-state index contributed by atoms with van der Waals surface area (Å²) in [7, 11) is 1.62. The van der Waals surface area contributed by atoms with Crippen molar-refractivity contribution < 1.29 is 4.79 Å². The van der Waals surface area contributed by atoms with Crippen LogP contribution in [0.15, 0.2) is 18.2 Å². The first-order valence-electron chi connectivity index (χ1n) is 5.98. The summed E-state index contributed by atoms with van der Waals surface area (Å²) in [6, 6.07) is 5.52. The van der Waals surface area contributed by atoms with Gasteiger partial charge in [-0.05, 0) is 30.5 Å². The molecule has 4 nitrogen and oxygen atoms in total. The third kappa shape index (κ3) is 2.35. The third-order valence-electron chi connectivity index (χ3n) is 3.28. The summed E-state index contributed by atoms with van der Waals surface area (Å²) in [6.07, 6.45) is 1.20. The third-order valence-corrected chi connectivity index (χ3v) is 3.28. The molecule has 0 bridgehead atoms. The van der Waals surface area contributed by atoms with Crippen LogP contribution in [0.1, 0.15) is 23.7 Å². The molecule has 0 spiro atoms. The van der Waals surface area contributed by atoms with Gasteiger partial charge in [0, 0.05) is 25.7 Å². The molecule has 0 radical (unpaired) electrons. The smallest absolute Gasteiger partial charge is 0.251 e. The van der Waals surface area contributed by atoms with Crippen LogP contribution in [0.3, 0.4) is 0 Å². The summed E-state index contributed by atoms with van der Waals surface area (Å²) in [5, 5.41) is 2.60. The molecule has 1 aromatic rings. The van der Waals surface area contributed by atoms with Crippen molar-refractivity contribution in [2.45, 2.75) is 13.3 Å². The number of amides is 1. The van der Waals surface area contributed by atoms with Gasteiger partial charge in [0.2, 0.25) is 0 Å². The molecule has 1 aliphatic heterocycles. The fourth-order valence-electron chi connectivity index (χ4n) is 2.28. The van der Waals surface area contributed by atoms with E-state index >= 15 is 0 Å². The van der Waals surface area contributed by atoms with E-state index in [0.717, 1.165) is 18.8 Å². The van der Waals surface area contributed by atoms with E-state index in [1.54, 1.807) is 13.1 Å². The molecule has 2 rings (SSSR count). The lowest BCUT2D eigenvalue weighted by atomic mass is 10.1. The Kier molecular flexibility index (Phi) is 3.22. The lowest BCUT2D eigenvalue weighted by Gasteiger charge is -2.20. The predicted molar refractivity (Wildman–Crippen MR) is 70.2 cm³/mol. The summed E-state index contributed by atoms with van der Waals surface area (Å²) in [5.41, 5.74) is 8.35. The van der Waals surface area contributed by atoms with Gasteiger partial charge in [0.15, 0.2) is 0 Å². The summed E-state index contributed by atoms with van der Waals surface area (Å²) >= 11 is 0. The molecule has 1 amide bonds.